The fourth-order valence-corrected chi connectivity index (χ4v) is 2.68. The second-order valence-electron chi connectivity index (χ2n) is 5.31. The highest BCUT2D eigenvalue weighted by molar-refractivity contribution is 5.81. The van der Waals surface area contributed by atoms with E-state index in [2.05, 4.69) is 17.2 Å². The highest BCUT2D eigenvalue weighted by atomic mass is 16.2. The quantitative estimate of drug-likeness (QED) is 0.847. The van der Waals surface area contributed by atoms with E-state index < -0.39 is 0 Å². The molecule has 1 aliphatic rings. The van der Waals surface area contributed by atoms with E-state index in [1.807, 2.05) is 15.8 Å². The van der Waals surface area contributed by atoms with Crippen molar-refractivity contribution in [3.63, 3.8) is 0 Å². The average Bonchev–Trinajstić information content (AvgIpc) is 2.91. The van der Waals surface area contributed by atoms with Gasteiger partial charge in [-0.25, -0.2) is 0 Å². The number of aromatic nitrogens is 3. The Bertz CT molecular complexity index is 392. The van der Waals surface area contributed by atoms with Crippen molar-refractivity contribution in [2.24, 2.45) is 11.7 Å². The number of carbonyl (C=O) groups is 1. The molecule has 1 fully saturated rings. The Morgan fingerprint density at radius 1 is 1.58 bits per heavy atom. The normalized spacial score (nSPS) is 21.4. The average molecular weight is 265 g/mol. The van der Waals surface area contributed by atoms with Crippen LogP contribution in [0.2, 0.25) is 0 Å². The van der Waals surface area contributed by atoms with E-state index in [4.69, 9.17) is 5.73 Å². The van der Waals surface area contributed by atoms with Gasteiger partial charge in [0.2, 0.25) is 5.91 Å². The number of rotatable bonds is 5. The summed E-state index contributed by atoms with van der Waals surface area (Å²) in [6.45, 7) is 4.50. The maximum Gasteiger partial charge on any atom is 0.239 e. The molecule has 0 aromatic carbocycles. The van der Waals surface area contributed by atoms with Crippen LogP contribution in [0.25, 0.3) is 0 Å². The number of piperidine rings is 1. The Morgan fingerprint density at radius 2 is 2.42 bits per heavy atom. The molecule has 2 atom stereocenters. The Kier molecular flexibility index (Phi) is 4.90. The molecule has 2 rings (SSSR count). The molecule has 0 radical (unpaired) electrons. The molecule has 1 amide bonds. The van der Waals surface area contributed by atoms with Gasteiger partial charge in [0.05, 0.1) is 12.2 Å². The van der Waals surface area contributed by atoms with Crippen molar-refractivity contribution >= 4 is 5.91 Å². The van der Waals surface area contributed by atoms with Gasteiger partial charge in [0, 0.05) is 25.8 Å². The zero-order valence-electron chi connectivity index (χ0n) is 11.5. The Balaban J connectivity index is 1.88. The topological polar surface area (TPSA) is 77.0 Å². The van der Waals surface area contributed by atoms with E-state index in [9.17, 15) is 4.79 Å². The maximum atomic E-state index is 12.2. The molecule has 106 valence electrons. The van der Waals surface area contributed by atoms with Gasteiger partial charge in [0.25, 0.3) is 0 Å². The Hall–Kier alpha value is -1.43. The summed E-state index contributed by atoms with van der Waals surface area (Å²) in [6, 6.07) is -0.338. The van der Waals surface area contributed by atoms with Gasteiger partial charge in [0.15, 0.2) is 0 Å². The van der Waals surface area contributed by atoms with Crippen molar-refractivity contribution in [1.82, 2.24) is 19.9 Å². The predicted octanol–water partition coefficient (Wildman–Crippen LogP) is 0.644. The molecule has 2 N–H and O–H groups in total. The highest BCUT2D eigenvalue weighted by Gasteiger charge is 2.26. The molecule has 19 heavy (non-hydrogen) atoms. The number of carbonyl (C=O) groups excluding carboxylic acids is 1. The number of hydrogen-bond donors (Lipinski definition) is 1. The van der Waals surface area contributed by atoms with E-state index in [0.29, 0.717) is 5.92 Å². The third kappa shape index (κ3) is 3.76. The van der Waals surface area contributed by atoms with Gasteiger partial charge in [-0.2, -0.15) is 0 Å². The summed E-state index contributed by atoms with van der Waals surface area (Å²) in [4.78, 5) is 14.1. The lowest BCUT2D eigenvalue weighted by Crippen LogP contribution is -2.48. The van der Waals surface area contributed by atoms with Crippen molar-refractivity contribution in [2.45, 2.75) is 45.2 Å². The highest BCUT2D eigenvalue weighted by Crippen LogP contribution is 2.19. The zero-order valence-corrected chi connectivity index (χ0v) is 11.5. The van der Waals surface area contributed by atoms with Gasteiger partial charge in [-0.15, -0.1) is 5.10 Å². The Morgan fingerprint density at radius 3 is 3.11 bits per heavy atom. The van der Waals surface area contributed by atoms with E-state index in [0.717, 1.165) is 45.3 Å². The molecule has 0 aliphatic carbocycles. The Labute approximate surface area is 113 Å². The minimum atomic E-state index is -0.338. The molecule has 0 bridgehead atoms. The summed E-state index contributed by atoms with van der Waals surface area (Å²) < 4.78 is 1.84. The van der Waals surface area contributed by atoms with Crippen LogP contribution in [-0.4, -0.2) is 44.9 Å². The van der Waals surface area contributed by atoms with Crippen LogP contribution in [0.3, 0.4) is 0 Å². The first kappa shape index (κ1) is 14.0. The maximum absolute atomic E-state index is 12.2. The van der Waals surface area contributed by atoms with Crippen molar-refractivity contribution in [2.75, 3.05) is 13.1 Å². The lowest BCUT2D eigenvalue weighted by molar-refractivity contribution is -0.134. The lowest BCUT2D eigenvalue weighted by atomic mass is 9.97. The van der Waals surface area contributed by atoms with Crippen LogP contribution >= 0.6 is 0 Å². The van der Waals surface area contributed by atoms with Gasteiger partial charge in [0.1, 0.15) is 0 Å². The number of nitrogens with zero attached hydrogens (tertiary/aromatic N) is 4. The van der Waals surface area contributed by atoms with Gasteiger partial charge < -0.3 is 10.6 Å². The fraction of sp³-hybridized carbons (Fsp3) is 0.769. The first-order chi connectivity index (χ1) is 9.20. The number of nitrogens with two attached hydrogens (primary N) is 1. The largest absolute Gasteiger partial charge is 0.341 e. The molecule has 1 aliphatic heterocycles. The summed E-state index contributed by atoms with van der Waals surface area (Å²) >= 11 is 0. The van der Waals surface area contributed by atoms with Crippen LogP contribution in [0, 0.1) is 5.92 Å². The van der Waals surface area contributed by atoms with Crippen molar-refractivity contribution in [3.8, 4) is 0 Å². The third-order valence-electron chi connectivity index (χ3n) is 3.66. The lowest BCUT2D eigenvalue weighted by Gasteiger charge is -2.34. The monoisotopic (exact) mass is 265 g/mol. The second-order valence-corrected chi connectivity index (χ2v) is 5.31. The smallest absolute Gasteiger partial charge is 0.239 e. The van der Waals surface area contributed by atoms with Gasteiger partial charge in [-0.1, -0.05) is 18.6 Å². The summed E-state index contributed by atoms with van der Waals surface area (Å²) in [5.41, 5.74) is 5.92. The SMILES string of the molecule is CCCC(N)C(=O)N1CCCC(Cn2ccnn2)C1. The van der Waals surface area contributed by atoms with E-state index >= 15 is 0 Å². The molecule has 1 aromatic heterocycles. The fourth-order valence-electron chi connectivity index (χ4n) is 2.68. The molecule has 0 saturated carbocycles. The van der Waals surface area contributed by atoms with Crippen LogP contribution in [0.4, 0.5) is 0 Å². The van der Waals surface area contributed by atoms with E-state index in [1.165, 1.54) is 0 Å². The number of likely N-dealkylation sites (tertiary alicyclic amines) is 1. The molecule has 1 saturated heterocycles. The molecule has 2 unspecified atom stereocenters. The third-order valence-corrected chi connectivity index (χ3v) is 3.66. The summed E-state index contributed by atoms with van der Waals surface area (Å²) in [5, 5.41) is 7.79. The molecule has 2 heterocycles. The van der Waals surface area contributed by atoms with Crippen LogP contribution < -0.4 is 5.73 Å². The molecular weight excluding hydrogens is 242 g/mol. The molecule has 6 nitrogen and oxygen atoms in total. The van der Waals surface area contributed by atoms with Crippen molar-refractivity contribution in [1.29, 1.82) is 0 Å². The van der Waals surface area contributed by atoms with E-state index in [1.54, 1.807) is 6.20 Å². The molecule has 1 aromatic rings. The second kappa shape index (κ2) is 6.65. The number of amides is 1. The summed E-state index contributed by atoms with van der Waals surface area (Å²) in [5.74, 6) is 0.554. The molecular formula is C13H23N5O. The van der Waals surface area contributed by atoms with Crippen LogP contribution in [-0.2, 0) is 11.3 Å². The van der Waals surface area contributed by atoms with Gasteiger partial charge in [-0.3, -0.25) is 9.48 Å². The minimum Gasteiger partial charge on any atom is -0.341 e. The molecule has 6 heteroatoms. The van der Waals surface area contributed by atoms with Crippen LogP contribution in [0.5, 0.6) is 0 Å². The van der Waals surface area contributed by atoms with Crippen LogP contribution in [0.1, 0.15) is 32.6 Å². The van der Waals surface area contributed by atoms with Crippen molar-refractivity contribution < 1.29 is 4.79 Å². The summed E-state index contributed by atoms with van der Waals surface area (Å²) in [6.07, 6.45) is 7.44. The van der Waals surface area contributed by atoms with Gasteiger partial charge in [-0.05, 0) is 25.2 Å². The summed E-state index contributed by atoms with van der Waals surface area (Å²) in [7, 11) is 0. The van der Waals surface area contributed by atoms with E-state index in [-0.39, 0.29) is 11.9 Å². The molecule has 0 spiro atoms. The van der Waals surface area contributed by atoms with Crippen LogP contribution in [0.15, 0.2) is 12.4 Å². The van der Waals surface area contributed by atoms with Gasteiger partial charge >= 0.3 is 0 Å². The first-order valence-corrected chi connectivity index (χ1v) is 7.09. The zero-order chi connectivity index (χ0) is 13.7. The number of hydrogen-bond acceptors (Lipinski definition) is 4. The first-order valence-electron chi connectivity index (χ1n) is 7.09. The minimum absolute atomic E-state index is 0.102. The predicted molar refractivity (Wildman–Crippen MR) is 72.2 cm³/mol. The standard InChI is InChI=1S/C13H23N5O/c1-2-4-12(14)13(19)17-7-3-5-11(9-17)10-18-8-6-15-16-18/h6,8,11-12H,2-5,7,9-10,14H2,1H3. The van der Waals surface area contributed by atoms with Crippen molar-refractivity contribution in [3.05, 3.63) is 12.4 Å².